The van der Waals surface area contributed by atoms with Gasteiger partial charge in [-0.3, -0.25) is 9.97 Å². The van der Waals surface area contributed by atoms with Crippen molar-refractivity contribution >= 4 is 0 Å². The Labute approximate surface area is 171 Å². The zero-order valence-corrected chi connectivity index (χ0v) is 17.6. The van der Waals surface area contributed by atoms with E-state index in [-0.39, 0.29) is 56.1 Å². The Bertz CT molecular complexity index is 585. The largest absolute Gasteiger partial charge is 0.669 e. The van der Waals surface area contributed by atoms with Gasteiger partial charge in [-0.2, -0.15) is 0 Å². The predicted octanol–water partition coefficient (Wildman–Crippen LogP) is 2.82. The van der Waals surface area contributed by atoms with Crippen LogP contribution in [0.25, 0.3) is 5.73 Å². The first kappa shape index (κ1) is 18.6. The van der Waals surface area contributed by atoms with E-state index in [4.69, 9.17) is 20.9 Å². The standard InChI is InChI=1S/C8H10N2O.C8H9N2O.Ac/c2*9-6-3-5-11-7-2-1-4-10-8(6)7;/h1-2,4,6H,3,5,9H2;1-2,4,6,9H,3,5H2;/q;-1;/t2*6-;/m01./s1. The molecule has 2 aromatic rings. The molecule has 7 heteroatoms. The quantitative estimate of drug-likeness (QED) is 0.570. The number of rotatable bonds is 0. The van der Waals surface area contributed by atoms with Gasteiger partial charge in [0.2, 0.25) is 0 Å². The van der Waals surface area contributed by atoms with Crippen molar-refractivity contribution < 1.29 is 53.5 Å². The molecule has 0 unspecified atom stereocenters. The first-order chi connectivity index (χ1) is 10.8. The Morgan fingerprint density at radius 1 is 0.957 bits per heavy atom. The fourth-order valence-corrected chi connectivity index (χ4v) is 2.45. The summed E-state index contributed by atoms with van der Waals surface area (Å²) in [5, 5.41) is 0. The maximum Gasteiger partial charge on any atom is 0.142 e. The Kier molecular flexibility index (Phi) is 7.22. The second kappa shape index (κ2) is 8.93. The van der Waals surface area contributed by atoms with Crippen LogP contribution < -0.4 is 15.2 Å². The Balaban J connectivity index is 0.000000160. The van der Waals surface area contributed by atoms with E-state index in [0.29, 0.717) is 13.2 Å². The number of pyridine rings is 2. The second-order valence-electron chi connectivity index (χ2n) is 5.21. The van der Waals surface area contributed by atoms with Crippen LogP contribution in [0.2, 0.25) is 0 Å². The van der Waals surface area contributed by atoms with Crippen LogP contribution in [-0.4, -0.2) is 23.2 Å². The molecule has 2 atom stereocenters. The van der Waals surface area contributed by atoms with Gasteiger partial charge < -0.3 is 20.9 Å². The van der Waals surface area contributed by atoms with Crippen molar-refractivity contribution in [2.24, 2.45) is 5.73 Å². The summed E-state index contributed by atoms with van der Waals surface area (Å²) in [4.78, 5) is 8.24. The maximum absolute atomic E-state index is 7.61. The summed E-state index contributed by atoms with van der Waals surface area (Å²) >= 11 is 0. The van der Waals surface area contributed by atoms with Crippen LogP contribution in [-0.2, 0) is 0 Å². The summed E-state index contributed by atoms with van der Waals surface area (Å²) in [5.74, 6) is 1.62. The van der Waals surface area contributed by atoms with Gasteiger partial charge in [0.05, 0.1) is 30.6 Å². The van der Waals surface area contributed by atoms with Crippen LogP contribution in [0.5, 0.6) is 11.5 Å². The van der Waals surface area contributed by atoms with Gasteiger partial charge in [-0.15, -0.1) is 0 Å². The molecule has 0 saturated carbocycles. The Hall–Kier alpha value is -0.738. The molecule has 0 aliphatic carbocycles. The average molecular weight is 526 g/mol. The van der Waals surface area contributed by atoms with E-state index in [0.717, 1.165) is 35.7 Å². The molecular weight excluding hydrogens is 507 g/mol. The van der Waals surface area contributed by atoms with Crippen LogP contribution in [0.3, 0.4) is 0 Å². The van der Waals surface area contributed by atoms with Gasteiger partial charge in [-0.1, -0.05) is 6.04 Å². The van der Waals surface area contributed by atoms with Gasteiger partial charge in [-0.25, -0.2) is 0 Å². The van der Waals surface area contributed by atoms with Gasteiger partial charge >= 0.3 is 0 Å². The number of aromatic nitrogens is 2. The van der Waals surface area contributed by atoms with E-state index < -0.39 is 0 Å². The number of nitrogens with one attached hydrogen (secondary N) is 1. The van der Waals surface area contributed by atoms with Crippen LogP contribution in [0, 0.1) is 44.1 Å². The van der Waals surface area contributed by atoms with Gasteiger partial charge in [0.25, 0.3) is 0 Å². The van der Waals surface area contributed by atoms with Crippen molar-refractivity contribution in [2.45, 2.75) is 24.9 Å². The summed E-state index contributed by atoms with van der Waals surface area (Å²) in [6, 6.07) is 7.32. The van der Waals surface area contributed by atoms with Gasteiger partial charge in [0.1, 0.15) is 11.5 Å². The normalized spacial score (nSPS) is 21.1. The topological polar surface area (TPSA) is 94.1 Å². The summed E-state index contributed by atoms with van der Waals surface area (Å²) in [6.45, 7) is 1.35. The summed E-state index contributed by atoms with van der Waals surface area (Å²) in [5.41, 5.74) is 15.1. The van der Waals surface area contributed by atoms with E-state index in [2.05, 4.69) is 9.97 Å². The van der Waals surface area contributed by atoms with Crippen LogP contribution in [0.4, 0.5) is 0 Å². The van der Waals surface area contributed by atoms with Crippen LogP contribution >= 0.6 is 0 Å². The Morgan fingerprint density at radius 2 is 1.52 bits per heavy atom. The molecule has 4 rings (SSSR count). The Morgan fingerprint density at radius 3 is 2.13 bits per heavy atom. The summed E-state index contributed by atoms with van der Waals surface area (Å²) < 4.78 is 10.7. The molecule has 0 aromatic carbocycles. The van der Waals surface area contributed by atoms with Gasteiger partial charge in [0, 0.05) is 62.9 Å². The monoisotopic (exact) mass is 526 g/mol. The average Bonchev–Trinajstić information content (AvgIpc) is 2.57. The number of hydrogen-bond donors (Lipinski definition) is 1. The van der Waals surface area contributed by atoms with E-state index in [1.807, 2.05) is 24.3 Å². The number of nitrogens with zero attached hydrogens (tertiary/aromatic N) is 2. The molecule has 1 radical (unpaired) electrons. The predicted molar refractivity (Wildman–Crippen MR) is 82.7 cm³/mol. The molecule has 6 nitrogen and oxygen atoms in total. The minimum absolute atomic E-state index is 0. The first-order valence-corrected chi connectivity index (χ1v) is 7.38. The summed E-state index contributed by atoms with van der Waals surface area (Å²) in [7, 11) is 0. The van der Waals surface area contributed by atoms with Crippen molar-refractivity contribution in [3.8, 4) is 11.5 Å². The third kappa shape index (κ3) is 4.63. The molecule has 0 saturated heterocycles. The SMILES string of the molecule is N[C@H]1CCOc2cccnc21.[Ac].[NH-][C@@H]1CCOc2cccnc21. The van der Waals surface area contributed by atoms with E-state index in [1.54, 1.807) is 12.4 Å². The first-order valence-electron chi connectivity index (χ1n) is 7.38. The number of nitrogens with two attached hydrogens (primary N) is 1. The second-order valence-corrected chi connectivity index (χ2v) is 5.21. The van der Waals surface area contributed by atoms with Crippen LogP contribution in [0.15, 0.2) is 36.7 Å². The number of ether oxygens (including phenoxy) is 2. The molecular formula is C16H19AcN4O2-. The zero-order valence-electron chi connectivity index (χ0n) is 12.8. The minimum atomic E-state index is -0.194. The number of fused-ring (bicyclic) bond motifs is 2. The van der Waals surface area contributed by atoms with Crippen molar-refractivity contribution in [2.75, 3.05) is 13.2 Å². The van der Waals surface area contributed by atoms with Gasteiger partial charge in [-0.05, 0) is 30.7 Å². The minimum Gasteiger partial charge on any atom is -0.669 e. The van der Waals surface area contributed by atoms with Crippen LogP contribution in [0.1, 0.15) is 36.3 Å². The molecule has 2 aliphatic rings. The molecule has 23 heavy (non-hydrogen) atoms. The molecule has 119 valence electrons. The van der Waals surface area contributed by atoms with Gasteiger partial charge in [0.15, 0.2) is 0 Å². The molecule has 0 bridgehead atoms. The van der Waals surface area contributed by atoms with Crippen molar-refractivity contribution in [1.29, 1.82) is 0 Å². The molecule has 2 aromatic heterocycles. The van der Waals surface area contributed by atoms with E-state index >= 15 is 0 Å². The molecule has 2 aliphatic heterocycles. The smallest absolute Gasteiger partial charge is 0.142 e. The number of hydrogen-bond acceptors (Lipinski definition) is 5. The molecule has 4 heterocycles. The third-order valence-electron chi connectivity index (χ3n) is 3.63. The molecule has 0 fully saturated rings. The van der Waals surface area contributed by atoms with Crippen molar-refractivity contribution in [3.05, 3.63) is 53.8 Å². The van der Waals surface area contributed by atoms with Crippen molar-refractivity contribution in [1.82, 2.24) is 9.97 Å². The fourth-order valence-electron chi connectivity index (χ4n) is 2.45. The molecule has 0 spiro atoms. The van der Waals surface area contributed by atoms with E-state index in [9.17, 15) is 0 Å². The summed E-state index contributed by atoms with van der Waals surface area (Å²) in [6.07, 6.45) is 5.07. The maximum atomic E-state index is 7.61. The molecule has 3 N–H and O–H groups in total. The van der Waals surface area contributed by atoms with Crippen molar-refractivity contribution in [3.63, 3.8) is 0 Å². The van der Waals surface area contributed by atoms with E-state index in [1.165, 1.54) is 0 Å². The third-order valence-corrected chi connectivity index (χ3v) is 3.63. The zero-order chi connectivity index (χ0) is 15.4. The fraction of sp³-hybridized carbons (Fsp3) is 0.375. The molecule has 0 amide bonds.